The number of methoxy groups -OCH3 is 1. The maximum absolute atomic E-state index is 14.2. The van der Waals surface area contributed by atoms with Gasteiger partial charge in [-0.05, 0) is 55.7 Å². The molecular formula is C20H18ClF2NO3S. The molecule has 0 radical (unpaired) electrons. The van der Waals surface area contributed by atoms with Crippen LogP contribution in [0.2, 0.25) is 5.02 Å². The fraction of sp³-hybridized carbons (Fsp3) is 0.300. The molecule has 1 aliphatic rings. The molecule has 2 atom stereocenters. The van der Waals surface area contributed by atoms with Crippen molar-refractivity contribution in [3.8, 4) is 0 Å². The van der Waals surface area contributed by atoms with Crippen LogP contribution in [0.1, 0.15) is 29.6 Å². The number of hydrogen-bond donors (Lipinski definition) is 1. The molecule has 1 N–H and O–H groups in total. The average molecular weight is 426 g/mol. The molecule has 1 fully saturated rings. The van der Waals surface area contributed by atoms with Gasteiger partial charge in [-0.2, -0.15) is 0 Å². The van der Waals surface area contributed by atoms with Gasteiger partial charge in [0.25, 0.3) is 5.91 Å². The largest absolute Gasteiger partial charge is 0.469 e. The molecule has 3 rings (SSSR count). The van der Waals surface area contributed by atoms with Crippen LogP contribution in [0.25, 0.3) is 0 Å². The lowest BCUT2D eigenvalue weighted by Crippen LogP contribution is -2.13. The molecule has 28 heavy (non-hydrogen) atoms. The Bertz CT molecular complexity index is 909. The molecule has 4 nitrogen and oxygen atoms in total. The standard InChI is InChI=1S/C20H18ClF2NO3S/c1-27-20(26)12-2-5-14(8-12)28-18-9-11(3-6-17(18)23)19(25)24-13-4-7-16(22)15(21)10-13/h3-4,6-7,9-10,12,14H,2,5,8H2,1H3,(H,24,25). The van der Waals surface area contributed by atoms with Crippen LogP contribution in [-0.4, -0.2) is 24.2 Å². The van der Waals surface area contributed by atoms with E-state index >= 15 is 0 Å². The van der Waals surface area contributed by atoms with E-state index in [1.165, 1.54) is 49.2 Å². The minimum Gasteiger partial charge on any atom is -0.469 e. The van der Waals surface area contributed by atoms with Gasteiger partial charge < -0.3 is 10.1 Å². The lowest BCUT2D eigenvalue weighted by Gasteiger charge is -2.12. The van der Waals surface area contributed by atoms with Crippen LogP contribution >= 0.6 is 23.4 Å². The lowest BCUT2D eigenvalue weighted by atomic mass is 10.1. The first-order chi connectivity index (χ1) is 13.4. The number of amides is 1. The summed E-state index contributed by atoms with van der Waals surface area (Å²) in [6, 6.07) is 7.95. The highest BCUT2D eigenvalue weighted by Gasteiger charge is 2.31. The van der Waals surface area contributed by atoms with E-state index in [0.29, 0.717) is 23.4 Å². The topological polar surface area (TPSA) is 55.4 Å². The van der Waals surface area contributed by atoms with Crippen molar-refractivity contribution in [3.05, 3.63) is 58.6 Å². The summed E-state index contributed by atoms with van der Waals surface area (Å²) in [5.74, 6) is -1.87. The smallest absolute Gasteiger partial charge is 0.308 e. The molecule has 1 saturated carbocycles. The number of anilines is 1. The minimum absolute atomic E-state index is 0.0767. The van der Waals surface area contributed by atoms with Gasteiger partial charge in [0.2, 0.25) is 0 Å². The summed E-state index contributed by atoms with van der Waals surface area (Å²) in [5.41, 5.74) is 0.610. The molecule has 8 heteroatoms. The number of ether oxygens (including phenoxy) is 1. The molecule has 148 valence electrons. The summed E-state index contributed by atoms with van der Waals surface area (Å²) < 4.78 is 32.2. The molecule has 0 bridgehead atoms. The molecule has 1 amide bonds. The number of nitrogens with one attached hydrogen (secondary N) is 1. The van der Waals surface area contributed by atoms with Gasteiger partial charge in [-0.3, -0.25) is 9.59 Å². The van der Waals surface area contributed by atoms with Crippen LogP contribution in [-0.2, 0) is 9.53 Å². The second-order valence-corrected chi connectivity index (χ2v) is 8.25. The molecule has 2 unspecified atom stereocenters. The van der Waals surface area contributed by atoms with Gasteiger partial charge in [0.15, 0.2) is 0 Å². The van der Waals surface area contributed by atoms with E-state index in [9.17, 15) is 18.4 Å². The fourth-order valence-electron chi connectivity index (χ4n) is 3.12. The minimum atomic E-state index is -0.582. The van der Waals surface area contributed by atoms with Crippen molar-refractivity contribution < 1.29 is 23.1 Å². The molecule has 0 heterocycles. The number of benzene rings is 2. The third-order valence-corrected chi connectivity index (χ3v) is 6.20. The van der Waals surface area contributed by atoms with E-state index in [1.54, 1.807) is 0 Å². The quantitative estimate of drug-likeness (QED) is 0.660. The van der Waals surface area contributed by atoms with Crippen LogP contribution in [0.15, 0.2) is 41.3 Å². The summed E-state index contributed by atoms with van der Waals surface area (Å²) >= 11 is 7.04. The predicted octanol–water partition coefficient (Wildman–Crippen LogP) is 5.30. The van der Waals surface area contributed by atoms with Crippen LogP contribution < -0.4 is 5.32 Å². The lowest BCUT2D eigenvalue weighted by molar-refractivity contribution is -0.145. The Morgan fingerprint density at radius 2 is 1.89 bits per heavy atom. The molecule has 2 aromatic rings. The summed E-state index contributed by atoms with van der Waals surface area (Å²) in [4.78, 5) is 24.4. The van der Waals surface area contributed by atoms with Gasteiger partial charge in [-0.1, -0.05) is 11.6 Å². The number of carbonyl (C=O) groups excluding carboxylic acids is 2. The molecule has 1 aliphatic carbocycles. The van der Waals surface area contributed by atoms with Crippen molar-refractivity contribution in [3.63, 3.8) is 0 Å². The SMILES string of the molecule is COC(=O)C1CCC(Sc2cc(C(=O)Nc3ccc(F)c(Cl)c3)ccc2F)C1. The number of carbonyl (C=O) groups is 2. The van der Waals surface area contributed by atoms with Crippen molar-refractivity contribution in [2.45, 2.75) is 29.4 Å². The summed E-state index contributed by atoms with van der Waals surface area (Å²) in [5, 5.41) is 2.59. The maximum Gasteiger partial charge on any atom is 0.308 e. The molecule has 0 saturated heterocycles. The van der Waals surface area contributed by atoms with Gasteiger partial charge in [0, 0.05) is 21.4 Å². The van der Waals surface area contributed by atoms with Gasteiger partial charge in [-0.15, -0.1) is 11.8 Å². The monoisotopic (exact) mass is 425 g/mol. The van der Waals surface area contributed by atoms with Crippen molar-refractivity contribution in [1.29, 1.82) is 0 Å². The van der Waals surface area contributed by atoms with Crippen LogP contribution in [0.4, 0.5) is 14.5 Å². The first-order valence-corrected chi connectivity index (χ1v) is 9.93. The maximum atomic E-state index is 14.2. The number of rotatable bonds is 5. The van der Waals surface area contributed by atoms with Crippen molar-refractivity contribution in [2.24, 2.45) is 5.92 Å². The van der Waals surface area contributed by atoms with Crippen molar-refractivity contribution in [2.75, 3.05) is 12.4 Å². The number of esters is 1. The first-order valence-electron chi connectivity index (χ1n) is 8.68. The van der Waals surface area contributed by atoms with E-state index in [4.69, 9.17) is 16.3 Å². The highest BCUT2D eigenvalue weighted by molar-refractivity contribution is 8.00. The van der Waals surface area contributed by atoms with Gasteiger partial charge in [0.1, 0.15) is 11.6 Å². The van der Waals surface area contributed by atoms with Crippen molar-refractivity contribution in [1.82, 2.24) is 0 Å². The second kappa shape index (κ2) is 8.92. The van der Waals surface area contributed by atoms with Gasteiger partial charge in [-0.25, -0.2) is 8.78 Å². The zero-order valence-corrected chi connectivity index (χ0v) is 16.6. The van der Waals surface area contributed by atoms with E-state index in [0.717, 1.165) is 12.5 Å². The van der Waals surface area contributed by atoms with E-state index in [2.05, 4.69) is 5.32 Å². The molecule has 0 spiro atoms. The van der Waals surface area contributed by atoms with Crippen LogP contribution in [0, 0.1) is 17.6 Å². The Kier molecular flexibility index (Phi) is 6.57. The summed E-state index contributed by atoms with van der Waals surface area (Å²) in [7, 11) is 1.36. The van der Waals surface area contributed by atoms with E-state index in [-0.39, 0.29) is 27.7 Å². The molecule has 0 aliphatic heterocycles. The Labute approximate surface area is 170 Å². The van der Waals surface area contributed by atoms with Gasteiger partial charge in [0.05, 0.1) is 18.1 Å². The van der Waals surface area contributed by atoms with E-state index < -0.39 is 17.5 Å². The molecular weight excluding hydrogens is 408 g/mol. The van der Waals surface area contributed by atoms with Crippen LogP contribution in [0.5, 0.6) is 0 Å². The van der Waals surface area contributed by atoms with Crippen LogP contribution in [0.3, 0.4) is 0 Å². The Morgan fingerprint density at radius 1 is 1.14 bits per heavy atom. The zero-order chi connectivity index (χ0) is 20.3. The van der Waals surface area contributed by atoms with E-state index in [1.807, 2.05) is 0 Å². The second-order valence-electron chi connectivity index (χ2n) is 6.50. The highest BCUT2D eigenvalue weighted by atomic mass is 35.5. The number of halogens is 3. The Morgan fingerprint density at radius 3 is 2.61 bits per heavy atom. The number of hydrogen-bond acceptors (Lipinski definition) is 4. The summed E-state index contributed by atoms with van der Waals surface area (Å²) in [6.07, 6.45) is 2.09. The predicted molar refractivity (Wildman–Crippen MR) is 105 cm³/mol. The third kappa shape index (κ3) is 4.83. The molecule has 0 aromatic heterocycles. The molecule has 2 aromatic carbocycles. The normalized spacial score (nSPS) is 18.7. The Hall–Kier alpha value is -2.12. The highest BCUT2D eigenvalue weighted by Crippen LogP contribution is 2.39. The summed E-state index contributed by atoms with van der Waals surface area (Å²) in [6.45, 7) is 0. The average Bonchev–Trinajstić information content (AvgIpc) is 3.14. The van der Waals surface area contributed by atoms with Gasteiger partial charge >= 0.3 is 5.97 Å². The Balaban J connectivity index is 1.69. The first kappa shape index (κ1) is 20.6. The van der Waals surface area contributed by atoms with Crippen molar-refractivity contribution >= 4 is 40.9 Å². The fourth-order valence-corrected chi connectivity index (χ4v) is 4.62. The third-order valence-electron chi connectivity index (χ3n) is 4.58. The number of thioether (sulfide) groups is 1. The zero-order valence-electron chi connectivity index (χ0n) is 15.0.